The minimum absolute atomic E-state index is 0.282. The predicted molar refractivity (Wildman–Crippen MR) is 80.5 cm³/mol. The molecule has 0 heterocycles. The van der Waals surface area contributed by atoms with E-state index < -0.39 is 28.0 Å². The highest BCUT2D eigenvalue weighted by molar-refractivity contribution is 5.78. The molecule has 1 atom stereocenters. The van der Waals surface area contributed by atoms with Crippen LogP contribution >= 0.6 is 0 Å². The van der Waals surface area contributed by atoms with Gasteiger partial charge < -0.3 is 9.53 Å². The van der Waals surface area contributed by atoms with Crippen LogP contribution in [0.4, 0.5) is 14.9 Å². The van der Waals surface area contributed by atoms with Crippen molar-refractivity contribution in [3.8, 4) is 0 Å². The Kier molecular flexibility index (Phi) is 5.09. The first kappa shape index (κ1) is 18.5. The second-order valence-electron chi connectivity index (χ2n) is 6.23. The van der Waals surface area contributed by atoms with E-state index in [0.717, 1.165) is 23.1 Å². The molecule has 0 bridgehead atoms. The summed E-state index contributed by atoms with van der Waals surface area (Å²) in [6.45, 7) is 6.22. The third-order valence-electron chi connectivity index (χ3n) is 3.30. The van der Waals surface area contributed by atoms with Gasteiger partial charge in [0.2, 0.25) is 0 Å². The Balaban J connectivity index is 3.34. The van der Waals surface area contributed by atoms with Gasteiger partial charge >= 0.3 is 6.09 Å². The normalized spacial score (nSPS) is 13.8. The lowest BCUT2D eigenvalue weighted by molar-refractivity contribution is -0.385. The van der Waals surface area contributed by atoms with Gasteiger partial charge in [-0.15, -0.1) is 0 Å². The first-order valence-electron chi connectivity index (χ1n) is 6.80. The zero-order chi connectivity index (χ0) is 18.0. The molecule has 0 radical (unpaired) electrons. The van der Waals surface area contributed by atoms with E-state index in [1.165, 1.54) is 14.0 Å². The molecule has 7 nitrogen and oxygen atoms in total. The lowest BCUT2D eigenvalue weighted by Crippen LogP contribution is -2.48. The van der Waals surface area contributed by atoms with Crippen molar-refractivity contribution in [3.05, 3.63) is 39.7 Å². The zero-order valence-electron chi connectivity index (χ0n) is 13.6. The average molecular weight is 326 g/mol. The fraction of sp³-hybridized carbons (Fsp3) is 0.467. The number of nitrogens with zero attached hydrogens (tertiary/aromatic N) is 2. The summed E-state index contributed by atoms with van der Waals surface area (Å²) in [6, 6.07) is 2.81. The van der Waals surface area contributed by atoms with E-state index >= 15 is 0 Å². The Morgan fingerprint density at radius 2 is 1.91 bits per heavy atom. The molecule has 1 unspecified atom stereocenters. The number of carbonyl (C=O) groups excluding carboxylic acids is 2. The Labute approximate surface area is 133 Å². The molecule has 8 heteroatoms. The van der Waals surface area contributed by atoms with Gasteiger partial charge in [-0.25, -0.2) is 9.18 Å². The number of carbonyl (C=O) groups is 2. The molecule has 0 aliphatic heterocycles. The van der Waals surface area contributed by atoms with Crippen LogP contribution in [0.5, 0.6) is 0 Å². The minimum Gasteiger partial charge on any atom is -0.444 e. The van der Waals surface area contributed by atoms with Crippen molar-refractivity contribution in [2.24, 2.45) is 0 Å². The van der Waals surface area contributed by atoms with E-state index in [2.05, 4.69) is 0 Å². The first-order valence-corrected chi connectivity index (χ1v) is 6.80. The molecule has 0 fully saturated rings. The number of amides is 1. The Hall–Kier alpha value is -2.51. The average Bonchev–Trinajstić information content (AvgIpc) is 2.44. The second-order valence-corrected chi connectivity index (χ2v) is 6.23. The molecular formula is C15H19FN2O5. The minimum atomic E-state index is -1.75. The van der Waals surface area contributed by atoms with Gasteiger partial charge in [-0.2, -0.15) is 0 Å². The lowest BCUT2D eigenvalue weighted by atomic mass is 9.91. The quantitative estimate of drug-likeness (QED) is 0.482. The van der Waals surface area contributed by atoms with Crippen molar-refractivity contribution in [1.29, 1.82) is 0 Å². The van der Waals surface area contributed by atoms with Gasteiger partial charge in [0.1, 0.15) is 23.2 Å². The largest absolute Gasteiger partial charge is 0.444 e. The number of nitro groups is 1. The van der Waals surface area contributed by atoms with Crippen molar-refractivity contribution in [1.82, 2.24) is 4.90 Å². The number of nitro benzene ring substituents is 1. The van der Waals surface area contributed by atoms with Crippen molar-refractivity contribution in [3.63, 3.8) is 0 Å². The van der Waals surface area contributed by atoms with Crippen LogP contribution in [0.15, 0.2) is 18.2 Å². The van der Waals surface area contributed by atoms with Crippen molar-refractivity contribution >= 4 is 18.1 Å². The van der Waals surface area contributed by atoms with Crippen LogP contribution in [-0.2, 0) is 15.1 Å². The van der Waals surface area contributed by atoms with Gasteiger partial charge in [0, 0.05) is 24.7 Å². The Morgan fingerprint density at radius 1 is 1.35 bits per heavy atom. The summed E-state index contributed by atoms with van der Waals surface area (Å²) in [4.78, 5) is 34.8. The molecule has 0 aromatic heterocycles. The van der Waals surface area contributed by atoms with E-state index in [-0.39, 0.29) is 11.3 Å². The van der Waals surface area contributed by atoms with E-state index in [9.17, 15) is 24.1 Å². The number of hydrogen-bond acceptors (Lipinski definition) is 5. The number of hydrogen-bond donors (Lipinski definition) is 0. The summed E-state index contributed by atoms with van der Waals surface area (Å²) in [5, 5.41) is 10.9. The molecule has 1 amide bonds. The third kappa shape index (κ3) is 4.02. The fourth-order valence-corrected chi connectivity index (χ4v) is 1.86. The van der Waals surface area contributed by atoms with E-state index in [0.29, 0.717) is 6.29 Å². The maximum atomic E-state index is 14.1. The number of likely N-dealkylation sites (N-methyl/N-ethyl adjacent to an activating group) is 1. The van der Waals surface area contributed by atoms with E-state index in [1.54, 1.807) is 20.8 Å². The standard InChI is InChI=1S/C15H19FN2O5/c1-14(2,3)23-13(20)17(5)15(4,9-19)11-8-10(18(21)22)6-7-12(11)16/h6-9H,1-5H3. The number of benzene rings is 1. The number of aldehydes is 1. The van der Waals surface area contributed by atoms with Crippen LogP contribution in [0.25, 0.3) is 0 Å². The zero-order valence-corrected chi connectivity index (χ0v) is 13.6. The smallest absolute Gasteiger partial charge is 0.411 e. The second kappa shape index (κ2) is 6.31. The van der Waals surface area contributed by atoms with Crippen molar-refractivity contribution < 1.29 is 23.6 Å². The summed E-state index contributed by atoms with van der Waals surface area (Å²) >= 11 is 0. The summed E-state index contributed by atoms with van der Waals surface area (Å²) in [5.74, 6) is -0.833. The van der Waals surface area contributed by atoms with E-state index in [1.807, 2.05) is 0 Å². The molecule has 0 saturated heterocycles. The molecule has 0 aliphatic rings. The molecule has 0 aliphatic carbocycles. The molecule has 126 valence electrons. The molecule has 1 aromatic rings. The van der Waals surface area contributed by atoms with Gasteiger partial charge in [-0.05, 0) is 33.8 Å². The van der Waals surface area contributed by atoms with Crippen LogP contribution in [0.2, 0.25) is 0 Å². The van der Waals surface area contributed by atoms with Crippen molar-refractivity contribution in [2.75, 3.05) is 7.05 Å². The predicted octanol–water partition coefficient (Wildman–Crippen LogP) is 3.01. The summed E-state index contributed by atoms with van der Waals surface area (Å²) in [5.41, 5.74) is -3.23. The molecule has 23 heavy (non-hydrogen) atoms. The number of halogens is 1. The highest BCUT2D eigenvalue weighted by atomic mass is 19.1. The summed E-state index contributed by atoms with van der Waals surface area (Å²) in [7, 11) is 1.26. The fourth-order valence-electron chi connectivity index (χ4n) is 1.86. The van der Waals surface area contributed by atoms with Crippen LogP contribution in [0.3, 0.4) is 0 Å². The maximum absolute atomic E-state index is 14.1. The van der Waals surface area contributed by atoms with Crippen LogP contribution in [-0.4, -0.2) is 34.9 Å². The van der Waals surface area contributed by atoms with Gasteiger partial charge in [0.15, 0.2) is 0 Å². The molecule has 1 aromatic carbocycles. The SMILES string of the molecule is CN(C(=O)OC(C)(C)C)C(C)(C=O)c1cc([N+](=O)[O-])ccc1F. The monoisotopic (exact) mass is 326 g/mol. The molecular weight excluding hydrogens is 307 g/mol. The Bertz CT molecular complexity index is 641. The third-order valence-corrected chi connectivity index (χ3v) is 3.30. The van der Waals surface area contributed by atoms with Crippen LogP contribution in [0, 0.1) is 15.9 Å². The molecule has 1 rings (SSSR count). The van der Waals surface area contributed by atoms with Crippen molar-refractivity contribution in [2.45, 2.75) is 38.8 Å². The first-order chi connectivity index (χ1) is 10.4. The van der Waals surface area contributed by atoms with E-state index in [4.69, 9.17) is 4.74 Å². The topological polar surface area (TPSA) is 89.8 Å². The lowest BCUT2D eigenvalue weighted by Gasteiger charge is -2.35. The molecule has 0 spiro atoms. The number of ether oxygens (including phenoxy) is 1. The van der Waals surface area contributed by atoms with Crippen LogP contribution in [0.1, 0.15) is 33.3 Å². The molecule has 0 N–H and O–H groups in total. The summed E-state index contributed by atoms with van der Waals surface area (Å²) < 4.78 is 19.3. The molecule has 0 saturated carbocycles. The number of rotatable bonds is 4. The van der Waals surface area contributed by atoms with Gasteiger partial charge in [-0.3, -0.25) is 15.0 Å². The van der Waals surface area contributed by atoms with Gasteiger partial charge in [0.25, 0.3) is 5.69 Å². The Morgan fingerprint density at radius 3 is 2.35 bits per heavy atom. The van der Waals surface area contributed by atoms with Gasteiger partial charge in [-0.1, -0.05) is 0 Å². The highest BCUT2D eigenvalue weighted by Gasteiger charge is 2.39. The van der Waals surface area contributed by atoms with Crippen LogP contribution < -0.4 is 0 Å². The highest BCUT2D eigenvalue weighted by Crippen LogP contribution is 2.31. The number of non-ortho nitro benzene ring substituents is 1. The van der Waals surface area contributed by atoms with Gasteiger partial charge in [0.05, 0.1) is 4.92 Å². The maximum Gasteiger partial charge on any atom is 0.411 e. The summed E-state index contributed by atoms with van der Waals surface area (Å²) in [6.07, 6.45) is -0.503.